The molecule has 1 aromatic rings. The summed E-state index contributed by atoms with van der Waals surface area (Å²) < 4.78 is 5.28. The predicted molar refractivity (Wildman–Crippen MR) is 90.4 cm³/mol. The molecule has 4 nitrogen and oxygen atoms in total. The van der Waals surface area contributed by atoms with Crippen LogP contribution in [0, 0.1) is 5.92 Å². The van der Waals surface area contributed by atoms with Gasteiger partial charge in [-0.05, 0) is 63.8 Å². The molecule has 1 aliphatic carbocycles. The van der Waals surface area contributed by atoms with E-state index in [9.17, 15) is 4.79 Å². The Bertz CT molecular complexity index is 496. The van der Waals surface area contributed by atoms with Crippen LogP contribution in [0.2, 0.25) is 5.02 Å². The Morgan fingerprint density at radius 1 is 1.27 bits per heavy atom. The van der Waals surface area contributed by atoms with Gasteiger partial charge in [0, 0.05) is 23.3 Å². The van der Waals surface area contributed by atoms with Gasteiger partial charge in [-0.25, -0.2) is 4.79 Å². The third-order valence-electron chi connectivity index (χ3n) is 3.76. The van der Waals surface area contributed by atoms with Crippen molar-refractivity contribution < 1.29 is 9.53 Å². The molecule has 122 valence electrons. The molecule has 0 spiro atoms. The van der Waals surface area contributed by atoms with Crippen molar-refractivity contribution in [1.82, 2.24) is 5.32 Å². The van der Waals surface area contributed by atoms with Crippen molar-refractivity contribution in [2.45, 2.75) is 51.7 Å². The van der Waals surface area contributed by atoms with Crippen molar-refractivity contribution in [3.05, 3.63) is 29.3 Å². The zero-order chi connectivity index (χ0) is 16.2. The van der Waals surface area contributed by atoms with Crippen molar-refractivity contribution in [2.75, 3.05) is 11.9 Å². The predicted octanol–water partition coefficient (Wildman–Crippen LogP) is 4.45. The van der Waals surface area contributed by atoms with Crippen molar-refractivity contribution in [3.8, 4) is 0 Å². The number of ether oxygens (including phenoxy) is 1. The Hall–Kier alpha value is -1.42. The Morgan fingerprint density at radius 3 is 2.59 bits per heavy atom. The summed E-state index contributed by atoms with van der Waals surface area (Å²) in [6.07, 6.45) is 3.06. The van der Waals surface area contributed by atoms with Gasteiger partial charge in [-0.2, -0.15) is 0 Å². The monoisotopic (exact) mass is 324 g/mol. The van der Waals surface area contributed by atoms with Crippen molar-refractivity contribution in [2.24, 2.45) is 5.92 Å². The van der Waals surface area contributed by atoms with Gasteiger partial charge in [0.2, 0.25) is 0 Å². The molecule has 0 aliphatic heterocycles. The number of halogens is 1. The number of rotatable bonds is 4. The highest BCUT2D eigenvalue weighted by atomic mass is 35.5. The molecular weight excluding hydrogens is 300 g/mol. The number of alkyl carbamates (subject to hydrolysis) is 1. The number of hydrogen-bond donors (Lipinski definition) is 2. The third-order valence-corrected chi connectivity index (χ3v) is 4.01. The molecule has 2 N–H and O–H groups in total. The van der Waals surface area contributed by atoms with E-state index in [2.05, 4.69) is 10.6 Å². The summed E-state index contributed by atoms with van der Waals surface area (Å²) in [5, 5.41) is 7.16. The summed E-state index contributed by atoms with van der Waals surface area (Å²) in [4.78, 5) is 11.7. The van der Waals surface area contributed by atoms with Gasteiger partial charge in [-0.15, -0.1) is 0 Å². The molecular formula is C17H25ClN2O2. The lowest BCUT2D eigenvalue weighted by Gasteiger charge is -2.24. The summed E-state index contributed by atoms with van der Waals surface area (Å²) in [7, 11) is 0. The fraction of sp³-hybridized carbons (Fsp3) is 0.588. The number of carbonyl (C=O) groups excluding carboxylic acids is 1. The maximum atomic E-state index is 11.7. The molecule has 1 saturated carbocycles. The van der Waals surface area contributed by atoms with Gasteiger partial charge in [0.05, 0.1) is 0 Å². The fourth-order valence-electron chi connectivity index (χ4n) is 2.76. The SMILES string of the molecule is CC(C)(C)OC(=O)NCC1CCCC1Nc1ccc(Cl)cc1. The van der Waals surface area contributed by atoms with Crippen LogP contribution < -0.4 is 10.6 Å². The first-order valence-electron chi connectivity index (χ1n) is 7.82. The van der Waals surface area contributed by atoms with Crippen molar-refractivity contribution in [3.63, 3.8) is 0 Å². The summed E-state index contributed by atoms with van der Waals surface area (Å²) in [5.74, 6) is 0.420. The Kier molecular flexibility index (Phi) is 5.57. The number of anilines is 1. The van der Waals surface area contributed by atoms with Crippen LogP contribution in [0.4, 0.5) is 10.5 Å². The largest absolute Gasteiger partial charge is 0.444 e. The Morgan fingerprint density at radius 2 is 1.95 bits per heavy atom. The van der Waals surface area contributed by atoms with E-state index in [1.807, 2.05) is 45.0 Å². The lowest BCUT2D eigenvalue weighted by molar-refractivity contribution is 0.0519. The van der Waals surface area contributed by atoms with E-state index in [4.69, 9.17) is 16.3 Å². The Balaban J connectivity index is 1.83. The van der Waals surface area contributed by atoms with Crippen LogP contribution in [0.5, 0.6) is 0 Å². The van der Waals surface area contributed by atoms with Gasteiger partial charge in [0.1, 0.15) is 5.60 Å². The molecule has 0 bridgehead atoms. The highest BCUT2D eigenvalue weighted by Crippen LogP contribution is 2.28. The molecule has 0 radical (unpaired) electrons. The highest BCUT2D eigenvalue weighted by molar-refractivity contribution is 6.30. The van der Waals surface area contributed by atoms with Crippen LogP contribution in [-0.4, -0.2) is 24.3 Å². The smallest absolute Gasteiger partial charge is 0.407 e. The molecule has 0 saturated heterocycles. The van der Waals surface area contributed by atoms with Gasteiger partial charge in [0.25, 0.3) is 0 Å². The lowest BCUT2D eigenvalue weighted by Crippen LogP contribution is -2.38. The van der Waals surface area contributed by atoms with Crippen LogP contribution in [0.3, 0.4) is 0 Å². The van der Waals surface area contributed by atoms with E-state index in [0.29, 0.717) is 18.5 Å². The lowest BCUT2D eigenvalue weighted by atomic mass is 10.0. The number of nitrogens with one attached hydrogen (secondary N) is 2. The van der Waals surface area contributed by atoms with Gasteiger partial charge in [-0.3, -0.25) is 0 Å². The average molecular weight is 325 g/mol. The summed E-state index contributed by atoms with van der Waals surface area (Å²) >= 11 is 5.91. The average Bonchev–Trinajstić information content (AvgIpc) is 2.84. The quantitative estimate of drug-likeness (QED) is 0.860. The molecule has 0 aromatic heterocycles. The number of amides is 1. The topological polar surface area (TPSA) is 50.4 Å². The first-order chi connectivity index (χ1) is 10.3. The second-order valence-corrected chi connectivity index (χ2v) is 7.27. The second-order valence-electron chi connectivity index (χ2n) is 6.83. The van der Waals surface area contributed by atoms with Gasteiger partial charge >= 0.3 is 6.09 Å². The first-order valence-corrected chi connectivity index (χ1v) is 8.20. The maximum absolute atomic E-state index is 11.7. The van der Waals surface area contributed by atoms with E-state index in [1.54, 1.807) is 0 Å². The van der Waals surface area contributed by atoms with Crippen LogP contribution >= 0.6 is 11.6 Å². The number of benzene rings is 1. The van der Waals surface area contributed by atoms with E-state index in [-0.39, 0.29) is 6.09 Å². The summed E-state index contributed by atoms with van der Waals surface area (Å²) in [5.41, 5.74) is 0.610. The molecule has 0 heterocycles. The molecule has 2 unspecified atom stereocenters. The number of carbonyl (C=O) groups is 1. The summed E-state index contributed by atoms with van der Waals surface area (Å²) in [6.45, 7) is 6.24. The van der Waals surface area contributed by atoms with E-state index in [1.165, 1.54) is 6.42 Å². The molecule has 1 amide bonds. The minimum Gasteiger partial charge on any atom is -0.444 e. The second kappa shape index (κ2) is 7.23. The standard InChI is InChI=1S/C17H25ClN2O2/c1-17(2,3)22-16(21)19-11-12-5-4-6-15(12)20-14-9-7-13(18)8-10-14/h7-10,12,15,20H,4-6,11H2,1-3H3,(H,19,21). The minimum absolute atomic E-state index is 0.343. The van der Waals surface area contributed by atoms with E-state index in [0.717, 1.165) is 23.6 Å². The van der Waals surface area contributed by atoms with Crippen LogP contribution in [-0.2, 0) is 4.74 Å². The van der Waals surface area contributed by atoms with Gasteiger partial charge in [0.15, 0.2) is 0 Å². The number of hydrogen-bond acceptors (Lipinski definition) is 3. The normalized spacial score (nSPS) is 21.5. The molecule has 1 aliphatic rings. The highest BCUT2D eigenvalue weighted by Gasteiger charge is 2.28. The molecule has 2 rings (SSSR count). The third kappa shape index (κ3) is 5.41. The van der Waals surface area contributed by atoms with Crippen molar-refractivity contribution in [1.29, 1.82) is 0 Å². The molecule has 1 fully saturated rings. The van der Waals surface area contributed by atoms with Crippen molar-refractivity contribution >= 4 is 23.4 Å². The molecule has 5 heteroatoms. The Labute approximate surface area is 137 Å². The maximum Gasteiger partial charge on any atom is 0.407 e. The molecule has 2 atom stereocenters. The minimum atomic E-state index is -0.458. The van der Waals surface area contributed by atoms with Crippen LogP contribution in [0.1, 0.15) is 40.0 Å². The summed E-state index contributed by atoms with van der Waals surface area (Å²) in [6, 6.07) is 8.11. The van der Waals surface area contributed by atoms with Gasteiger partial charge < -0.3 is 15.4 Å². The van der Waals surface area contributed by atoms with Gasteiger partial charge in [-0.1, -0.05) is 18.0 Å². The van der Waals surface area contributed by atoms with Crippen LogP contribution in [0.25, 0.3) is 0 Å². The van der Waals surface area contributed by atoms with E-state index >= 15 is 0 Å². The molecule has 22 heavy (non-hydrogen) atoms. The first kappa shape index (κ1) is 16.9. The van der Waals surface area contributed by atoms with E-state index < -0.39 is 5.60 Å². The zero-order valence-electron chi connectivity index (χ0n) is 13.5. The van der Waals surface area contributed by atoms with Crippen LogP contribution in [0.15, 0.2) is 24.3 Å². The molecule has 1 aromatic carbocycles. The zero-order valence-corrected chi connectivity index (χ0v) is 14.2. The fourth-order valence-corrected chi connectivity index (χ4v) is 2.89.